The summed E-state index contributed by atoms with van der Waals surface area (Å²) in [4.78, 5) is 32.4. The van der Waals surface area contributed by atoms with E-state index in [2.05, 4.69) is 20.8 Å². The molecule has 222 valence electrons. The van der Waals surface area contributed by atoms with Crippen molar-refractivity contribution in [2.24, 2.45) is 5.28 Å². The second-order valence-electron chi connectivity index (χ2n) is 11.0. The van der Waals surface area contributed by atoms with Gasteiger partial charge in [-0.15, -0.1) is 10.1 Å². The maximum absolute atomic E-state index is 12.9. The fraction of sp³-hybridized carbons (Fsp3) is 0.679. The molecule has 5 rings (SSSR count). The van der Waals surface area contributed by atoms with Crippen LogP contribution in [0.2, 0.25) is 0 Å². The summed E-state index contributed by atoms with van der Waals surface area (Å²) in [5.74, 6) is 1.18. The average molecular weight is 569 g/mol. The number of hydrogen-bond acceptors (Lipinski definition) is 9. The Morgan fingerprint density at radius 3 is 2.71 bits per heavy atom. The predicted octanol–water partition coefficient (Wildman–Crippen LogP) is 4.07. The van der Waals surface area contributed by atoms with Gasteiger partial charge in [-0.2, -0.15) is 0 Å². The topological polar surface area (TPSA) is 141 Å². The number of anilines is 1. The molecule has 1 saturated heterocycles. The molecule has 3 aliphatic rings. The molecule has 0 unspecified atom stereocenters. The van der Waals surface area contributed by atoms with Gasteiger partial charge in [0, 0.05) is 19.3 Å². The van der Waals surface area contributed by atoms with E-state index < -0.39 is 0 Å². The van der Waals surface area contributed by atoms with Crippen molar-refractivity contribution in [2.75, 3.05) is 31.2 Å². The lowest BCUT2D eigenvalue weighted by atomic mass is 9.95. The number of rotatable bonds is 13. The number of carbonyl (C=O) groups excluding carboxylic acids is 2. The van der Waals surface area contributed by atoms with E-state index in [0.717, 1.165) is 62.1 Å². The number of tetrazole rings is 1. The number of aromatic nitrogens is 4. The summed E-state index contributed by atoms with van der Waals surface area (Å²) in [5.41, 5.74) is 1.53. The molecule has 2 amide bonds. The number of benzene rings is 1. The van der Waals surface area contributed by atoms with Crippen molar-refractivity contribution < 1.29 is 24.1 Å². The number of unbranched alkanes of at least 4 members (excludes halogenated alkanes) is 1. The first kappa shape index (κ1) is 28.7. The van der Waals surface area contributed by atoms with Crippen LogP contribution in [0.4, 0.5) is 5.69 Å². The van der Waals surface area contributed by atoms with Gasteiger partial charge in [0.05, 0.1) is 36.4 Å². The van der Waals surface area contributed by atoms with Crippen molar-refractivity contribution >= 4 is 17.5 Å². The number of aryl methyl sites for hydroxylation is 2. The third kappa shape index (κ3) is 7.50. The highest BCUT2D eigenvalue weighted by Gasteiger charge is 2.29. The third-order valence-corrected chi connectivity index (χ3v) is 8.02. The van der Waals surface area contributed by atoms with Crippen molar-refractivity contribution in [3.63, 3.8) is 0 Å². The summed E-state index contributed by atoms with van der Waals surface area (Å²) in [6.45, 7) is 2.02. The highest BCUT2D eigenvalue weighted by Crippen LogP contribution is 2.32. The van der Waals surface area contributed by atoms with Gasteiger partial charge in [0.25, 0.3) is 0 Å². The minimum atomic E-state index is -0.290. The van der Waals surface area contributed by atoms with Crippen LogP contribution in [-0.2, 0) is 27.3 Å². The molecule has 2 aromatic rings. The normalized spacial score (nSPS) is 18.0. The SMILES string of the molecule is O=C(CCCO/N=[N+](\[O-])N1CCCC1)N1C(=O)CCc2cc(OCCCCc3nnnn3C3CCCCC3)ccc21. The zero-order valence-corrected chi connectivity index (χ0v) is 23.7. The molecule has 0 N–H and O–H groups in total. The van der Waals surface area contributed by atoms with Crippen LogP contribution < -0.4 is 9.64 Å². The van der Waals surface area contributed by atoms with Crippen LogP contribution >= 0.6 is 0 Å². The van der Waals surface area contributed by atoms with Crippen LogP contribution in [0, 0.1) is 5.21 Å². The molecule has 1 aliphatic carbocycles. The number of hydrazine groups is 1. The van der Waals surface area contributed by atoms with Gasteiger partial charge in [0.1, 0.15) is 12.4 Å². The van der Waals surface area contributed by atoms with E-state index in [1.54, 1.807) is 11.1 Å². The van der Waals surface area contributed by atoms with Crippen molar-refractivity contribution in [2.45, 2.75) is 95.9 Å². The molecule has 0 spiro atoms. The van der Waals surface area contributed by atoms with Gasteiger partial charge >= 0.3 is 0 Å². The summed E-state index contributed by atoms with van der Waals surface area (Å²) in [5, 5.41) is 29.3. The van der Waals surface area contributed by atoms with E-state index >= 15 is 0 Å². The van der Waals surface area contributed by atoms with Crippen LogP contribution in [-0.4, -0.2) is 68.3 Å². The Morgan fingerprint density at radius 1 is 1.05 bits per heavy atom. The maximum Gasteiger partial charge on any atom is 0.234 e. The molecular formula is C28H40N8O5. The molecule has 41 heavy (non-hydrogen) atoms. The highest BCUT2D eigenvalue weighted by atomic mass is 16.7. The number of amides is 2. The van der Waals surface area contributed by atoms with Crippen LogP contribution in [0.1, 0.15) is 94.5 Å². The molecule has 13 heteroatoms. The molecule has 2 fully saturated rings. The zero-order valence-electron chi connectivity index (χ0n) is 23.7. The Labute approximate surface area is 240 Å². The summed E-state index contributed by atoms with van der Waals surface area (Å²) in [6, 6.07) is 5.95. The van der Waals surface area contributed by atoms with E-state index in [-0.39, 0.29) is 31.3 Å². The van der Waals surface area contributed by atoms with Crippen molar-refractivity contribution in [3.05, 3.63) is 34.8 Å². The predicted molar refractivity (Wildman–Crippen MR) is 148 cm³/mol. The lowest BCUT2D eigenvalue weighted by Gasteiger charge is -2.28. The Kier molecular flexibility index (Phi) is 9.97. The number of ether oxygens (including phenoxy) is 1. The van der Waals surface area contributed by atoms with Gasteiger partial charge in [-0.1, -0.05) is 19.3 Å². The lowest BCUT2D eigenvalue weighted by molar-refractivity contribution is -0.707. The molecule has 3 heterocycles. The Balaban J connectivity index is 1.05. The minimum absolute atomic E-state index is 0.117. The summed E-state index contributed by atoms with van der Waals surface area (Å²) in [6.07, 6.45) is 11.9. The Hall–Kier alpha value is -3.77. The first-order valence-electron chi connectivity index (χ1n) is 15.0. The monoisotopic (exact) mass is 568 g/mol. The zero-order chi connectivity index (χ0) is 28.4. The molecule has 1 saturated carbocycles. The Morgan fingerprint density at radius 2 is 1.88 bits per heavy atom. The molecule has 2 aliphatic heterocycles. The van der Waals surface area contributed by atoms with E-state index in [1.165, 1.54) is 24.2 Å². The first-order chi connectivity index (χ1) is 20.1. The number of fused-ring (bicyclic) bond motifs is 1. The van der Waals surface area contributed by atoms with Gasteiger partial charge in [-0.05, 0) is 85.6 Å². The fourth-order valence-corrected chi connectivity index (χ4v) is 5.81. The Bertz CT molecular complexity index is 1210. The van der Waals surface area contributed by atoms with E-state index in [0.29, 0.717) is 49.2 Å². The smallest absolute Gasteiger partial charge is 0.234 e. The van der Waals surface area contributed by atoms with Crippen LogP contribution in [0.25, 0.3) is 0 Å². The molecule has 1 aromatic carbocycles. The van der Waals surface area contributed by atoms with Gasteiger partial charge in [0.2, 0.25) is 17.1 Å². The molecule has 0 radical (unpaired) electrons. The fourth-order valence-electron chi connectivity index (χ4n) is 5.81. The third-order valence-electron chi connectivity index (χ3n) is 8.02. The van der Waals surface area contributed by atoms with Crippen LogP contribution in [0.15, 0.2) is 23.5 Å². The molecule has 13 nitrogen and oxygen atoms in total. The number of nitrogens with zero attached hydrogens (tertiary/aromatic N) is 8. The standard InChI is InChI=1S/C28H40N8O5/c37-27(12-8-20-41-32-36(39)33-17-5-6-18-33)34-25-15-14-24(21-22(25)13-16-28(34)38)40-19-7-4-11-26-29-30-31-35(26)23-9-2-1-3-10-23/h14-15,21,23H,1-13,16-20H2/b36-32-. The van der Waals surface area contributed by atoms with Crippen molar-refractivity contribution in [1.29, 1.82) is 0 Å². The summed E-state index contributed by atoms with van der Waals surface area (Å²) >= 11 is 0. The van der Waals surface area contributed by atoms with E-state index in [4.69, 9.17) is 9.57 Å². The number of carbonyl (C=O) groups is 2. The van der Waals surface area contributed by atoms with Gasteiger partial charge in [0.15, 0.2) is 5.82 Å². The van der Waals surface area contributed by atoms with E-state index in [9.17, 15) is 14.8 Å². The van der Waals surface area contributed by atoms with Gasteiger partial charge in [-0.3, -0.25) is 14.5 Å². The van der Waals surface area contributed by atoms with Gasteiger partial charge in [-0.25, -0.2) is 4.68 Å². The number of hydrogen-bond donors (Lipinski definition) is 0. The second-order valence-corrected chi connectivity index (χ2v) is 11.0. The summed E-state index contributed by atoms with van der Waals surface area (Å²) < 4.78 is 8.03. The van der Waals surface area contributed by atoms with Crippen LogP contribution in [0.3, 0.4) is 0 Å². The van der Waals surface area contributed by atoms with Gasteiger partial charge < -0.3 is 14.8 Å². The average Bonchev–Trinajstić information content (AvgIpc) is 3.70. The minimum Gasteiger partial charge on any atom is -0.569 e. The largest absolute Gasteiger partial charge is 0.569 e. The molecule has 1 aromatic heterocycles. The first-order valence-corrected chi connectivity index (χ1v) is 15.0. The quantitative estimate of drug-likeness (QED) is 0.151. The number of imide groups is 1. The molecule has 0 bridgehead atoms. The van der Waals surface area contributed by atoms with Crippen molar-refractivity contribution in [3.8, 4) is 5.75 Å². The van der Waals surface area contributed by atoms with Crippen LogP contribution in [0.5, 0.6) is 5.75 Å². The molecule has 0 atom stereocenters. The maximum atomic E-state index is 12.9. The van der Waals surface area contributed by atoms with E-state index in [1.807, 2.05) is 16.8 Å². The second kappa shape index (κ2) is 14.2. The summed E-state index contributed by atoms with van der Waals surface area (Å²) in [7, 11) is 0. The highest BCUT2D eigenvalue weighted by molar-refractivity contribution is 6.16. The van der Waals surface area contributed by atoms with Crippen molar-refractivity contribution in [1.82, 2.24) is 25.2 Å². The molecular weight excluding hydrogens is 528 g/mol. The lowest BCUT2D eigenvalue weighted by Crippen LogP contribution is -2.40.